The van der Waals surface area contributed by atoms with E-state index in [4.69, 9.17) is 9.47 Å². The molecule has 2 N–H and O–H groups in total. The van der Waals surface area contributed by atoms with Crippen LogP contribution in [0.25, 0.3) is 5.69 Å². The average molecular weight is 696 g/mol. The van der Waals surface area contributed by atoms with E-state index >= 15 is 0 Å². The van der Waals surface area contributed by atoms with E-state index in [-0.39, 0.29) is 75.1 Å². The Morgan fingerprint density at radius 3 is 2.32 bits per heavy atom. The first-order valence-electron chi connectivity index (χ1n) is 17.1. The van der Waals surface area contributed by atoms with Crippen LogP contribution >= 0.6 is 0 Å². The topological polar surface area (TPSA) is 184 Å². The molecule has 3 heterocycles. The van der Waals surface area contributed by atoms with Crippen molar-refractivity contribution in [2.45, 2.75) is 70.0 Å². The van der Waals surface area contributed by atoms with Gasteiger partial charge in [-0.15, -0.1) is 0 Å². The molecule has 5 rings (SSSR count). The molecule has 2 atom stereocenters. The predicted octanol–water partition coefficient (Wildman–Crippen LogP) is 1.52. The number of nitrogens with one attached hydrogen (secondary N) is 1. The molecule has 50 heavy (non-hydrogen) atoms. The van der Waals surface area contributed by atoms with Gasteiger partial charge in [0.2, 0.25) is 17.7 Å². The van der Waals surface area contributed by atoms with Crippen molar-refractivity contribution in [3.63, 3.8) is 0 Å². The molecule has 16 heteroatoms. The van der Waals surface area contributed by atoms with Gasteiger partial charge >= 0.3 is 12.1 Å². The standard InChI is InChI=1S/C34H45N7O9/c1-3-49-34(48)39-19-17-38(18-20-39)32(46)25(14-15-30(43)44)35-31(45)26-21-29(41(36-26)24-9-5-4-6-10-24)50-22-28(42)40-16-8-13-27(40)33(47)37(2)23-11-7-12-23/h4-6,9-10,21,23,25,27H,3,7-8,11-20,22H2,1-2H3,(H,35,45)(H,43,44). The molecule has 2 saturated heterocycles. The van der Waals surface area contributed by atoms with Gasteiger partial charge in [0.15, 0.2) is 12.3 Å². The van der Waals surface area contributed by atoms with Crippen molar-refractivity contribution < 1.29 is 43.3 Å². The zero-order chi connectivity index (χ0) is 35.8. The molecular formula is C34H45N7O9. The Bertz CT molecular complexity index is 1550. The first-order chi connectivity index (χ1) is 24.1. The van der Waals surface area contributed by atoms with Gasteiger partial charge in [0.25, 0.3) is 11.8 Å². The van der Waals surface area contributed by atoms with Gasteiger partial charge in [-0.2, -0.15) is 5.10 Å². The maximum Gasteiger partial charge on any atom is 0.409 e. The summed E-state index contributed by atoms with van der Waals surface area (Å²) in [6.45, 7) is 2.80. The van der Waals surface area contributed by atoms with Crippen LogP contribution in [0, 0.1) is 0 Å². The number of likely N-dealkylation sites (N-methyl/N-ethyl adjacent to an activating group) is 1. The third kappa shape index (κ3) is 8.52. The summed E-state index contributed by atoms with van der Waals surface area (Å²) in [5.74, 6) is -2.69. The van der Waals surface area contributed by atoms with Crippen molar-refractivity contribution in [3.8, 4) is 11.6 Å². The number of carboxylic acids is 1. The van der Waals surface area contributed by atoms with Crippen molar-refractivity contribution in [3.05, 3.63) is 42.1 Å². The summed E-state index contributed by atoms with van der Waals surface area (Å²) in [6.07, 6.45) is 3.29. The minimum Gasteiger partial charge on any atom is -0.481 e. The van der Waals surface area contributed by atoms with Gasteiger partial charge in [0.05, 0.1) is 12.3 Å². The number of benzene rings is 1. The quantitative estimate of drug-likeness (QED) is 0.312. The SMILES string of the molecule is CCOC(=O)N1CCN(C(=O)C(CCC(=O)O)NC(=O)c2cc(OCC(=O)N3CCCC3C(=O)N(C)C3CCC3)n(-c3ccccc3)n2)CC1. The summed E-state index contributed by atoms with van der Waals surface area (Å²) >= 11 is 0. The molecule has 2 unspecified atom stereocenters. The monoisotopic (exact) mass is 695 g/mol. The third-order valence-corrected chi connectivity index (χ3v) is 9.45. The Kier molecular flexibility index (Phi) is 11.9. The second-order valence-electron chi connectivity index (χ2n) is 12.7. The molecule has 3 fully saturated rings. The van der Waals surface area contributed by atoms with Gasteiger partial charge < -0.3 is 39.5 Å². The fourth-order valence-electron chi connectivity index (χ4n) is 6.36. The number of carbonyl (C=O) groups excluding carboxylic acids is 5. The van der Waals surface area contributed by atoms with Crippen LogP contribution in [0.4, 0.5) is 4.79 Å². The summed E-state index contributed by atoms with van der Waals surface area (Å²) in [5, 5.41) is 16.4. The van der Waals surface area contributed by atoms with Crippen molar-refractivity contribution in [2.75, 3.05) is 53.0 Å². The van der Waals surface area contributed by atoms with Gasteiger partial charge in [-0.1, -0.05) is 18.2 Å². The molecule has 1 aliphatic carbocycles. The summed E-state index contributed by atoms with van der Waals surface area (Å²) in [7, 11) is 1.79. The number of ether oxygens (including phenoxy) is 2. The summed E-state index contributed by atoms with van der Waals surface area (Å²) in [4.78, 5) is 83.5. The number of para-hydroxylation sites is 1. The zero-order valence-corrected chi connectivity index (χ0v) is 28.5. The van der Waals surface area contributed by atoms with Crippen molar-refractivity contribution in [1.82, 2.24) is 34.7 Å². The molecule has 0 spiro atoms. The van der Waals surface area contributed by atoms with Crippen LogP contribution < -0.4 is 10.1 Å². The normalized spacial score (nSPS) is 18.2. The number of aromatic nitrogens is 2. The van der Waals surface area contributed by atoms with E-state index < -0.39 is 42.6 Å². The van der Waals surface area contributed by atoms with Crippen LogP contribution in [-0.2, 0) is 23.9 Å². The van der Waals surface area contributed by atoms with E-state index in [1.807, 2.05) is 0 Å². The minimum atomic E-state index is -1.18. The Hall–Kier alpha value is -5.15. The van der Waals surface area contributed by atoms with E-state index in [0.717, 1.165) is 19.3 Å². The first-order valence-corrected chi connectivity index (χ1v) is 17.1. The Morgan fingerprint density at radius 2 is 1.68 bits per heavy atom. The lowest BCUT2D eigenvalue weighted by atomic mass is 9.91. The number of nitrogens with zero attached hydrogens (tertiary/aromatic N) is 6. The summed E-state index contributed by atoms with van der Waals surface area (Å²) in [6, 6.07) is 8.66. The number of amides is 5. The molecule has 1 saturated carbocycles. The summed E-state index contributed by atoms with van der Waals surface area (Å²) in [5.41, 5.74) is 0.427. The number of piperazine rings is 1. The molecule has 5 amide bonds. The average Bonchev–Trinajstić information content (AvgIpc) is 3.76. The first kappa shape index (κ1) is 36.1. The molecule has 2 aromatic rings. The van der Waals surface area contributed by atoms with Crippen LogP contribution in [0.1, 0.15) is 62.4 Å². The third-order valence-electron chi connectivity index (χ3n) is 9.45. The van der Waals surface area contributed by atoms with Crippen LogP contribution in [-0.4, -0.2) is 141 Å². The molecule has 16 nitrogen and oxygen atoms in total. The Balaban J connectivity index is 1.28. The fourth-order valence-corrected chi connectivity index (χ4v) is 6.36. The number of carbonyl (C=O) groups is 6. The maximum absolute atomic E-state index is 13.6. The van der Waals surface area contributed by atoms with Gasteiger partial charge in [-0.25, -0.2) is 9.48 Å². The molecule has 0 bridgehead atoms. The molecule has 270 valence electrons. The van der Waals surface area contributed by atoms with E-state index in [1.165, 1.54) is 20.5 Å². The van der Waals surface area contributed by atoms with Gasteiger partial charge in [-0.05, 0) is 57.6 Å². The highest BCUT2D eigenvalue weighted by atomic mass is 16.6. The van der Waals surface area contributed by atoms with Crippen LogP contribution in [0.5, 0.6) is 5.88 Å². The number of aliphatic carboxylic acids is 1. The highest BCUT2D eigenvalue weighted by Crippen LogP contribution is 2.27. The molecule has 1 aromatic carbocycles. The van der Waals surface area contributed by atoms with Crippen molar-refractivity contribution in [2.24, 2.45) is 0 Å². The smallest absolute Gasteiger partial charge is 0.409 e. The number of hydrogen-bond acceptors (Lipinski definition) is 9. The van der Waals surface area contributed by atoms with Gasteiger partial charge in [-0.3, -0.25) is 24.0 Å². The number of hydrogen-bond donors (Lipinski definition) is 2. The lowest BCUT2D eigenvalue weighted by Crippen LogP contribution is -2.56. The second kappa shape index (κ2) is 16.5. The van der Waals surface area contributed by atoms with E-state index in [2.05, 4.69) is 10.4 Å². The van der Waals surface area contributed by atoms with E-state index in [0.29, 0.717) is 25.1 Å². The van der Waals surface area contributed by atoms with Crippen LogP contribution in [0.3, 0.4) is 0 Å². The van der Waals surface area contributed by atoms with E-state index in [9.17, 15) is 33.9 Å². The number of rotatable bonds is 13. The molecular weight excluding hydrogens is 650 g/mol. The van der Waals surface area contributed by atoms with Crippen LogP contribution in [0.2, 0.25) is 0 Å². The highest BCUT2D eigenvalue weighted by Gasteiger charge is 2.39. The molecule has 2 aliphatic heterocycles. The summed E-state index contributed by atoms with van der Waals surface area (Å²) < 4.78 is 12.3. The molecule has 1 aromatic heterocycles. The number of likely N-dealkylation sites (tertiary alicyclic amines) is 1. The van der Waals surface area contributed by atoms with Crippen LogP contribution in [0.15, 0.2) is 36.4 Å². The van der Waals surface area contributed by atoms with Crippen molar-refractivity contribution in [1.29, 1.82) is 0 Å². The fraction of sp³-hybridized carbons (Fsp3) is 0.559. The number of carboxylic acid groups (broad SMARTS) is 1. The molecule has 0 radical (unpaired) electrons. The highest BCUT2D eigenvalue weighted by molar-refractivity contribution is 5.96. The lowest BCUT2D eigenvalue weighted by Gasteiger charge is -2.37. The lowest BCUT2D eigenvalue weighted by molar-refractivity contribution is -0.146. The van der Waals surface area contributed by atoms with Gasteiger partial charge in [0.1, 0.15) is 12.1 Å². The maximum atomic E-state index is 13.6. The second-order valence-corrected chi connectivity index (χ2v) is 12.7. The van der Waals surface area contributed by atoms with Gasteiger partial charge in [0, 0.05) is 58.3 Å². The van der Waals surface area contributed by atoms with E-state index in [1.54, 1.807) is 54.1 Å². The minimum absolute atomic E-state index is 0.0679. The zero-order valence-electron chi connectivity index (χ0n) is 28.5. The largest absolute Gasteiger partial charge is 0.481 e. The molecule has 3 aliphatic rings. The van der Waals surface area contributed by atoms with Crippen molar-refractivity contribution >= 4 is 35.7 Å². The Labute approximate surface area is 290 Å². The predicted molar refractivity (Wildman–Crippen MR) is 178 cm³/mol. The Morgan fingerprint density at radius 1 is 0.980 bits per heavy atom.